The van der Waals surface area contributed by atoms with Crippen LogP contribution >= 0.6 is 0 Å². The first kappa shape index (κ1) is 13.0. The lowest BCUT2D eigenvalue weighted by Crippen LogP contribution is -2.33. The summed E-state index contributed by atoms with van der Waals surface area (Å²) in [5.74, 6) is 0. The quantitative estimate of drug-likeness (QED) is 0.621. The van der Waals surface area contributed by atoms with Gasteiger partial charge in [-0.2, -0.15) is 5.10 Å². The van der Waals surface area contributed by atoms with E-state index < -0.39 is 0 Å². The number of aliphatic hydroxyl groups excluding tert-OH is 1. The maximum absolute atomic E-state index is 8.91. The molecular formula is C10H20N4O2. The largest absolute Gasteiger partial charge is 0.396 e. The third-order valence-corrected chi connectivity index (χ3v) is 2.33. The zero-order chi connectivity index (χ0) is 11.8. The zero-order valence-corrected chi connectivity index (χ0v) is 9.67. The van der Waals surface area contributed by atoms with Crippen molar-refractivity contribution in [3.63, 3.8) is 0 Å². The molecule has 1 aromatic heterocycles. The van der Waals surface area contributed by atoms with Crippen LogP contribution in [0.15, 0.2) is 12.4 Å². The minimum Gasteiger partial charge on any atom is -0.396 e. The van der Waals surface area contributed by atoms with Crippen LogP contribution < -0.4 is 5.73 Å². The number of aliphatic hydroxyl groups is 1. The second kappa shape index (κ2) is 7.21. The summed E-state index contributed by atoms with van der Waals surface area (Å²) in [5, 5.41) is 13.0. The van der Waals surface area contributed by atoms with Crippen molar-refractivity contribution in [1.82, 2.24) is 14.7 Å². The topological polar surface area (TPSA) is 76.5 Å². The minimum absolute atomic E-state index is 0.158. The number of nitrogen functional groups attached to an aromatic ring is 1. The highest BCUT2D eigenvalue weighted by Gasteiger charge is 2.04. The molecule has 0 bridgehead atoms. The Labute approximate surface area is 95.6 Å². The number of aromatic nitrogens is 2. The van der Waals surface area contributed by atoms with E-state index >= 15 is 0 Å². The van der Waals surface area contributed by atoms with E-state index in [4.69, 9.17) is 15.6 Å². The molecule has 0 aromatic carbocycles. The molecule has 0 amide bonds. The molecule has 16 heavy (non-hydrogen) atoms. The standard InChI is InChI=1S/C10H20N4O2/c1-16-7-5-13(4-6-15)2-3-14-9-10(11)8-12-14/h8-9,15H,2-7,11H2,1H3. The summed E-state index contributed by atoms with van der Waals surface area (Å²) in [6, 6.07) is 0. The number of nitrogens with zero attached hydrogens (tertiary/aromatic N) is 3. The number of ether oxygens (including phenoxy) is 1. The molecule has 0 saturated heterocycles. The van der Waals surface area contributed by atoms with Crippen LogP contribution in [0.3, 0.4) is 0 Å². The summed E-state index contributed by atoms with van der Waals surface area (Å²) in [6.07, 6.45) is 3.43. The van der Waals surface area contributed by atoms with E-state index in [9.17, 15) is 0 Å². The van der Waals surface area contributed by atoms with E-state index in [2.05, 4.69) is 10.00 Å². The van der Waals surface area contributed by atoms with Crippen molar-refractivity contribution in [2.75, 3.05) is 45.7 Å². The number of rotatable bonds is 8. The molecule has 92 valence electrons. The highest BCUT2D eigenvalue weighted by molar-refractivity contribution is 5.30. The molecule has 1 rings (SSSR count). The van der Waals surface area contributed by atoms with Crippen molar-refractivity contribution in [1.29, 1.82) is 0 Å². The van der Waals surface area contributed by atoms with E-state index in [0.717, 1.165) is 19.6 Å². The SMILES string of the molecule is COCCN(CCO)CCn1cc(N)cn1. The lowest BCUT2D eigenvalue weighted by molar-refractivity contribution is 0.127. The molecule has 0 aliphatic rings. The van der Waals surface area contributed by atoms with Gasteiger partial charge in [-0.1, -0.05) is 0 Å². The Hall–Kier alpha value is -1.11. The summed E-state index contributed by atoms with van der Waals surface area (Å²) in [5.41, 5.74) is 6.24. The van der Waals surface area contributed by atoms with Gasteiger partial charge in [0, 0.05) is 32.9 Å². The fraction of sp³-hybridized carbons (Fsp3) is 0.700. The summed E-state index contributed by atoms with van der Waals surface area (Å²) < 4.78 is 6.81. The van der Waals surface area contributed by atoms with Crippen molar-refractivity contribution < 1.29 is 9.84 Å². The minimum atomic E-state index is 0.158. The fourth-order valence-electron chi connectivity index (χ4n) is 1.44. The molecule has 0 aliphatic heterocycles. The van der Waals surface area contributed by atoms with Gasteiger partial charge in [-0.3, -0.25) is 9.58 Å². The fourth-order valence-corrected chi connectivity index (χ4v) is 1.44. The molecule has 0 aliphatic carbocycles. The summed E-state index contributed by atoms with van der Waals surface area (Å²) >= 11 is 0. The highest BCUT2D eigenvalue weighted by atomic mass is 16.5. The third kappa shape index (κ3) is 4.61. The molecule has 0 fully saturated rings. The maximum atomic E-state index is 8.91. The van der Waals surface area contributed by atoms with E-state index in [-0.39, 0.29) is 6.61 Å². The second-order valence-electron chi connectivity index (χ2n) is 3.59. The average Bonchev–Trinajstić information content (AvgIpc) is 2.68. The van der Waals surface area contributed by atoms with Gasteiger partial charge in [0.2, 0.25) is 0 Å². The van der Waals surface area contributed by atoms with Crippen LogP contribution in [-0.2, 0) is 11.3 Å². The molecule has 6 nitrogen and oxygen atoms in total. The van der Waals surface area contributed by atoms with E-state index in [1.807, 2.05) is 0 Å². The summed E-state index contributed by atoms with van der Waals surface area (Å²) in [6.45, 7) is 3.88. The molecule has 0 radical (unpaired) electrons. The number of anilines is 1. The van der Waals surface area contributed by atoms with Crippen LogP contribution in [0.2, 0.25) is 0 Å². The maximum Gasteiger partial charge on any atom is 0.0719 e. The second-order valence-corrected chi connectivity index (χ2v) is 3.59. The molecule has 0 saturated carbocycles. The van der Waals surface area contributed by atoms with Crippen LogP contribution in [0.25, 0.3) is 0 Å². The van der Waals surface area contributed by atoms with Crippen LogP contribution in [0.1, 0.15) is 0 Å². The first-order valence-corrected chi connectivity index (χ1v) is 5.36. The average molecular weight is 228 g/mol. The Kier molecular flexibility index (Phi) is 5.84. The molecule has 0 unspecified atom stereocenters. The van der Waals surface area contributed by atoms with Gasteiger partial charge in [0.1, 0.15) is 0 Å². The molecule has 0 atom stereocenters. The number of methoxy groups -OCH3 is 1. The highest BCUT2D eigenvalue weighted by Crippen LogP contribution is 1.98. The smallest absolute Gasteiger partial charge is 0.0719 e. The Bertz CT molecular complexity index is 290. The molecule has 1 heterocycles. The van der Waals surface area contributed by atoms with Crippen molar-refractivity contribution in [2.24, 2.45) is 0 Å². The zero-order valence-electron chi connectivity index (χ0n) is 9.67. The van der Waals surface area contributed by atoms with E-state index in [1.54, 1.807) is 24.2 Å². The lowest BCUT2D eigenvalue weighted by atomic mass is 10.4. The van der Waals surface area contributed by atoms with Gasteiger partial charge in [0.25, 0.3) is 0 Å². The monoisotopic (exact) mass is 228 g/mol. The first-order valence-electron chi connectivity index (χ1n) is 5.36. The molecule has 0 spiro atoms. The van der Waals surface area contributed by atoms with Gasteiger partial charge < -0.3 is 15.6 Å². The normalized spacial score (nSPS) is 11.2. The van der Waals surface area contributed by atoms with Crippen LogP contribution in [0, 0.1) is 0 Å². The van der Waals surface area contributed by atoms with Crippen molar-refractivity contribution in [3.8, 4) is 0 Å². The van der Waals surface area contributed by atoms with E-state index in [0.29, 0.717) is 18.8 Å². The lowest BCUT2D eigenvalue weighted by Gasteiger charge is -2.20. The number of nitrogens with two attached hydrogens (primary N) is 1. The third-order valence-electron chi connectivity index (χ3n) is 2.33. The Morgan fingerprint density at radius 3 is 2.88 bits per heavy atom. The summed E-state index contributed by atoms with van der Waals surface area (Å²) in [7, 11) is 1.67. The predicted octanol–water partition coefficient (Wildman–Crippen LogP) is -0.594. The Morgan fingerprint density at radius 1 is 1.50 bits per heavy atom. The van der Waals surface area contributed by atoms with Gasteiger partial charge in [-0.15, -0.1) is 0 Å². The number of hydrogen-bond acceptors (Lipinski definition) is 5. The Morgan fingerprint density at radius 2 is 2.31 bits per heavy atom. The van der Waals surface area contributed by atoms with E-state index in [1.165, 1.54) is 0 Å². The predicted molar refractivity (Wildman–Crippen MR) is 62.0 cm³/mol. The van der Waals surface area contributed by atoms with Crippen LogP contribution in [0.4, 0.5) is 5.69 Å². The summed E-state index contributed by atoms with van der Waals surface area (Å²) in [4.78, 5) is 2.13. The van der Waals surface area contributed by atoms with Gasteiger partial charge in [-0.05, 0) is 0 Å². The molecule has 6 heteroatoms. The molecule has 3 N–H and O–H groups in total. The van der Waals surface area contributed by atoms with Gasteiger partial charge in [0.15, 0.2) is 0 Å². The van der Waals surface area contributed by atoms with Gasteiger partial charge >= 0.3 is 0 Å². The Balaban J connectivity index is 2.30. The van der Waals surface area contributed by atoms with Crippen molar-refractivity contribution in [3.05, 3.63) is 12.4 Å². The van der Waals surface area contributed by atoms with Crippen molar-refractivity contribution in [2.45, 2.75) is 6.54 Å². The number of hydrogen-bond donors (Lipinski definition) is 2. The van der Waals surface area contributed by atoms with Crippen LogP contribution in [-0.4, -0.2) is 59.7 Å². The van der Waals surface area contributed by atoms with Gasteiger partial charge in [0.05, 0.1) is 31.6 Å². The molecule has 1 aromatic rings. The first-order chi connectivity index (χ1) is 7.76. The van der Waals surface area contributed by atoms with Gasteiger partial charge in [-0.25, -0.2) is 0 Å². The molecular weight excluding hydrogens is 208 g/mol. The van der Waals surface area contributed by atoms with Crippen molar-refractivity contribution >= 4 is 5.69 Å². The van der Waals surface area contributed by atoms with Crippen LogP contribution in [0.5, 0.6) is 0 Å².